The highest BCUT2D eigenvalue weighted by molar-refractivity contribution is 6.30. The van der Waals surface area contributed by atoms with Gasteiger partial charge in [-0.1, -0.05) is 49.4 Å². The summed E-state index contributed by atoms with van der Waals surface area (Å²) in [5.74, 6) is 1.04. The van der Waals surface area contributed by atoms with Crippen LogP contribution in [0.2, 0.25) is 5.02 Å². The molecule has 0 spiro atoms. The lowest BCUT2D eigenvalue weighted by Gasteiger charge is -2.18. The molecule has 1 aliphatic carbocycles. The molecule has 0 unspecified atom stereocenters. The van der Waals surface area contributed by atoms with Gasteiger partial charge in [0.1, 0.15) is 5.82 Å². The van der Waals surface area contributed by atoms with Crippen molar-refractivity contribution in [1.29, 1.82) is 0 Å². The van der Waals surface area contributed by atoms with Crippen molar-refractivity contribution in [3.05, 3.63) is 46.7 Å². The van der Waals surface area contributed by atoms with Crippen LogP contribution in [0.3, 0.4) is 0 Å². The summed E-state index contributed by atoms with van der Waals surface area (Å²) in [6.45, 7) is 4.09. The molecule has 3 aromatic rings. The van der Waals surface area contributed by atoms with E-state index < -0.39 is 0 Å². The lowest BCUT2D eigenvalue weighted by molar-refractivity contribution is 0.614. The molecule has 26 heavy (non-hydrogen) atoms. The van der Waals surface area contributed by atoms with Gasteiger partial charge in [0.2, 0.25) is 0 Å². The molecular weight excluding hydrogens is 344 g/mol. The molecule has 1 aliphatic rings. The summed E-state index contributed by atoms with van der Waals surface area (Å²) in [5, 5.41) is 9.28. The maximum Gasteiger partial charge on any atom is 0.165 e. The monoisotopic (exact) mass is 368 g/mol. The zero-order chi connectivity index (χ0) is 18.1. The summed E-state index contributed by atoms with van der Waals surface area (Å²) >= 11 is 6.06. The third-order valence-electron chi connectivity index (χ3n) is 5.23. The average Bonchev–Trinajstić information content (AvgIpc) is 2.79. The molecular formula is C21H25ClN4. The van der Waals surface area contributed by atoms with Crippen molar-refractivity contribution in [3.8, 4) is 11.1 Å². The minimum Gasteiger partial charge on any atom is -0.367 e. The van der Waals surface area contributed by atoms with Crippen molar-refractivity contribution in [2.24, 2.45) is 0 Å². The molecule has 0 radical (unpaired) electrons. The lowest BCUT2D eigenvalue weighted by atomic mass is 10.1. The molecule has 0 bridgehead atoms. The highest BCUT2D eigenvalue weighted by atomic mass is 35.5. The first-order chi connectivity index (χ1) is 12.6. The lowest BCUT2D eigenvalue weighted by Crippen LogP contribution is -2.20. The molecule has 4 nitrogen and oxygen atoms in total. The summed E-state index contributed by atoms with van der Waals surface area (Å²) in [4.78, 5) is 4.79. The highest BCUT2D eigenvalue weighted by Gasteiger charge is 2.18. The molecule has 0 amide bonds. The SMILES string of the molecule is Cc1cc(NC2CCCCCC2)n2nc(C)c(-c3ccc(Cl)cc3)c2n1. The molecule has 2 aromatic heterocycles. The van der Waals surface area contributed by atoms with Crippen molar-refractivity contribution < 1.29 is 0 Å². The predicted octanol–water partition coefficient (Wildman–Crippen LogP) is 5.80. The molecule has 0 atom stereocenters. The maximum absolute atomic E-state index is 6.06. The van der Waals surface area contributed by atoms with Crippen LogP contribution in [0.5, 0.6) is 0 Å². The summed E-state index contributed by atoms with van der Waals surface area (Å²) in [6, 6.07) is 10.5. The first-order valence-electron chi connectivity index (χ1n) is 9.51. The van der Waals surface area contributed by atoms with E-state index in [1.54, 1.807) is 0 Å². The van der Waals surface area contributed by atoms with Crippen LogP contribution >= 0.6 is 11.6 Å². The Morgan fingerprint density at radius 1 is 1.04 bits per heavy atom. The summed E-state index contributed by atoms with van der Waals surface area (Å²) in [5.41, 5.74) is 5.06. The number of hydrogen-bond donors (Lipinski definition) is 1. The molecule has 1 N–H and O–H groups in total. The van der Waals surface area contributed by atoms with Crippen molar-refractivity contribution in [3.63, 3.8) is 0 Å². The van der Waals surface area contributed by atoms with E-state index in [1.807, 2.05) is 42.6 Å². The Labute approximate surface area is 159 Å². The molecule has 0 saturated heterocycles. The standard InChI is InChI=1S/C21H25ClN4/c1-14-13-19(24-18-7-5-3-4-6-8-18)26-21(23-14)20(15(2)25-26)16-9-11-17(22)12-10-16/h9-13,18,24H,3-8H2,1-2H3. The number of fused-ring (bicyclic) bond motifs is 1. The number of rotatable bonds is 3. The quantitative estimate of drug-likeness (QED) is 0.594. The average molecular weight is 369 g/mol. The summed E-state index contributed by atoms with van der Waals surface area (Å²) < 4.78 is 1.97. The van der Waals surface area contributed by atoms with Crippen molar-refractivity contribution in [2.45, 2.75) is 58.4 Å². The van der Waals surface area contributed by atoms with Gasteiger partial charge < -0.3 is 5.32 Å². The second-order valence-corrected chi connectivity index (χ2v) is 7.75. The Kier molecular flexibility index (Phi) is 4.86. The van der Waals surface area contributed by atoms with Crippen molar-refractivity contribution in [2.75, 3.05) is 5.32 Å². The Hall–Kier alpha value is -2.07. The van der Waals surface area contributed by atoms with Crippen LogP contribution in [0.15, 0.2) is 30.3 Å². The van der Waals surface area contributed by atoms with Gasteiger partial charge in [0.25, 0.3) is 0 Å². The number of halogens is 1. The number of aryl methyl sites for hydroxylation is 2. The van der Waals surface area contributed by atoms with Crippen LogP contribution in [0.1, 0.15) is 49.9 Å². The Balaban J connectivity index is 1.77. The number of hydrogen-bond acceptors (Lipinski definition) is 3. The number of nitrogens with one attached hydrogen (secondary N) is 1. The first kappa shape index (κ1) is 17.3. The zero-order valence-electron chi connectivity index (χ0n) is 15.4. The second kappa shape index (κ2) is 7.28. The molecule has 2 heterocycles. The van der Waals surface area contributed by atoms with Crippen LogP contribution in [0.25, 0.3) is 16.8 Å². The number of aromatic nitrogens is 3. The Morgan fingerprint density at radius 2 is 1.73 bits per heavy atom. The maximum atomic E-state index is 6.06. The van der Waals surface area contributed by atoms with E-state index in [9.17, 15) is 0 Å². The number of anilines is 1. The minimum absolute atomic E-state index is 0.519. The molecule has 0 aliphatic heterocycles. The van der Waals surface area contributed by atoms with Gasteiger partial charge in [-0.3, -0.25) is 0 Å². The molecule has 1 fully saturated rings. The smallest absolute Gasteiger partial charge is 0.165 e. The van der Waals surface area contributed by atoms with Gasteiger partial charge in [-0.05, 0) is 44.4 Å². The van der Waals surface area contributed by atoms with E-state index in [0.717, 1.165) is 39.0 Å². The van der Waals surface area contributed by atoms with Crippen LogP contribution in [0, 0.1) is 13.8 Å². The van der Waals surface area contributed by atoms with E-state index in [4.69, 9.17) is 21.7 Å². The highest BCUT2D eigenvalue weighted by Crippen LogP contribution is 2.31. The van der Waals surface area contributed by atoms with Crippen LogP contribution in [-0.2, 0) is 0 Å². The number of benzene rings is 1. The fourth-order valence-corrected chi connectivity index (χ4v) is 4.06. The van der Waals surface area contributed by atoms with Crippen LogP contribution in [0.4, 0.5) is 5.82 Å². The topological polar surface area (TPSA) is 42.2 Å². The first-order valence-corrected chi connectivity index (χ1v) is 9.89. The Bertz CT molecular complexity index is 906. The largest absolute Gasteiger partial charge is 0.367 e. The number of nitrogens with zero attached hydrogens (tertiary/aromatic N) is 3. The molecule has 4 rings (SSSR count). The van der Waals surface area contributed by atoms with E-state index in [1.165, 1.54) is 38.5 Å². The predicted molar refractivity (Wildman–Crippen MR) is 108 cm³/mol. The molecule has 1 saturated carbocycles. The van der Waals surface area contributed by atoms with Gasteiger partial charge in [0.15, 0.2) is 5.65 Å². The van der Waals surface area contributed by atoms with E-state index in [0.29, 0.717) is 6.04 Å². The van der Waals surface area contributed by atoms with Gasteiger partial charge in [0.05, 0.1) is 5.69 Å². The van der Waals surface area contributed by atoms with Crippen molar-refractivity contribution in [1.82, 2.24) is 14.6 Å². The van der Waals surface area contributed by atoms with Crippen LogP contribution in [-0.4, -0.2) is 20.6 Å². The normalized spacial score (nSPS) is 16.0. The van der Waals surface area contributed by atoms with E-state index in [2.05, 4.69) is 11.4 Å². The van der Waals surface area contributed by atoms with Gasteiger partial charge in [0, 0.05) is 28.4 Å². The molecule has 1 aromatic carbocycles. The van der Waals surface area contributed by atoms with Gasteiger partial charge in [-0.2, -0.15) is 9.61 Å². The second-order valence-electron chi connectivity index (χ2n) is 7.32. The Morgan fingerprint density at radius 3 is 2.42 bits per heavy atom. The zero-order valence-corrected chi connectivity index (χ0v) is 16.2. The fraction of sp³-hybridized carbons (Fsp3) is 0.429. The summed E-state index contributed by atoms with van der Waals surface area (Å²) in [7, 11) is 0. The van der Waals surface area contributed by atoms with E-state index in [-0.39, 0.29) is 0 Å². The van der Waals surface area contributed by atoms with Crippen molar-refractivity contribution >= 4 is 23.1 Å². The van der Waals surface area contributed by atoms with E-state index >= 15 is 0 Å². The van der Waals surface area contributed by atoms with Crippen LogP contribution < -0.4 is 5.32 Å². The van der Waals surface area contributed by atoms with Gasteiger partial charge in [-0.15, -0.1) is 0 Å². The van der Waals surface area contributed by atoms with Gasteiger partial charge >= 0.3 is 0 Å². The third-order valence-corrected chi connectivity index (χ3v) is 5.48. The fourth-order valence-electron chi connectivity index (χ4n) is 3.93. The molecule has 136 valence electrons. The van der Waals surface area contributed by atoms with Gasteiger partial charge in [-0.25, -0.2) is 4.98 Å². The third kappa shape index (κ3) is 3.43. The summed E-state index contributed by atoms with van der Waals surface area (Å²) in [6.07, 6.45) is 7.77. The molecule has 5 heteroatoms. The minimum atomic E-state index is 0.519.